The van der Waals surface area contributed by atoms with Crippen LogP contribution in [-0.2, 0) is 6.54 Å². The van der Waals surface area contributed by atoms with E-state index in [1.165, 1.54) is 18.5 Å². The second-order valence-corrected chi connectivity index (χ2v) is 3.79. The minimum Gasteiger partial charge on any atom is -0.347 e. The highest BCUT2D eigenvalue weighted by atomic mass is 35.5. The van der Waals surface area contributed by atoms with Gasteiger partial charge in [0.1, 0.15) is 5.82 Å². The Balaban J connectivity index is 2.04. The lowest BCUT2D eigenvalue weighted by atomic mass is 10.2. The molecular formula is C11H9ClFN3O. The third-order valence-corrected chi connectivity index (χ3v) is 2.48. The molecule has 1 heterocycles. The Hall–Kier alpha value is -1.88. The Morgan fingerprint density at radius 1 is 1.53 bits per heavy atom. The number of aromatic nitrogens is 2. The number of carbonyl (C=O) groups excluding carboxylic acids is 1. The number of H-pyrrole nitrogens is 1. The second-order valence-electron chi connectivity index (χ2n) is 3.38. The predicted molar refractivity (Wildman–Crippen MR) is 61.2 cm³/mol. The Labute approximate surface area is 102 Å². The van der Waals surface area contributed by atoms with Crippen LogP contribution in [0.25, 0.3) is 0 Å². The van der Waals surface area contributed by atoms with Crippen LogP contribution in [0, 0.1) is 5.82 Å². The fourth-order valence-corrected chi connectivity index (χ4v) is 1.58. The molecule has 0 aliphatic heterocycles. The van der Waals surface area contributed by atoms with Gasteiger partial charge >= 0.3 is 0 Å². The summed E-state index contributed by atoms with van der Waals surface area (Å²) in [6.45, 7) is 0.312. The first kappa shape index (κ1) is 11.6. The van der Waals surface area contributed by atoms with Crippen molar-refractivity contribution in [1.82, 2.24) is 15.3 Å². The molecule has 0 saturated carbocycles. The van der Waals surface area contributed by atoms with Crippen LogP contribution >= 0.6 is 11.6 Å². The van der Waals surface area contributed by atoms with E-state index in [1.54, 1.807) is 6.20 Å². The number of amides is 1. The molecule has 1 aromatic carbocycles. The van der Waals surface area contributed by atoms with Gasteiger partial charge in [0.25, 0.3) is 5.91 Å². The van der Waals surface area contributed by atoms with E-state index < -0.39 is 5.82 Å². The normalized spacial score (nSPS) is 10.2. The van der Waals surface area contributed by atoms with Crippen LogP contribution in [0.5, 0.6) is 0 Å². The predicted octanol–water partition coefficient (Wildman–Crippen LogP) is 2.13. The maximum Gasteiger partial charge on any atom is 0.253 e. The first-order chi connectivity index (χ1) is 8.16. The average Bonchev–Trinajstić information content (AvgIpc) is 2.78. The summed E-state index contributed by atoms with van der Waals surface area (Å²) in [5, 5.41) is 2.73. The molecule has 0 spiro atoms. The molecule has 0 atom stereocenters. The first-order valence-corrected chi connectivity index (χ1v) is 5.25. The molecule has 0 fully saturated rings. The molecule has 17 heavy (non-hydrogen) atoms. The number of benzene rings is 1. The Bertz CT molecular complexity index is 528. The zero-order valence-electron chi connectivity index (χ0n) is 8.71. The summed E-state index contributed by atoms with van der Waals surface area (Å²) in [7, 11) is 0. The van der Waals surface area contributed by atoms with Gasteiger partial charge in [-0.1, -0.05) is 11.6 Å². The van der Waals surface area contributed by atoms with Crippen LogP contribution in [0.4, 0.5) is 4.39 Å². The van der Waals surface area contributed by atoms with Crippen molar-refractivity contribution in [3.63, 3.8) is 0 Å². The van der Waals surface area contributed by atoms with E-state index >= 15 is 0 Å². The van der Waals surface area contributed by atoms with Crippen molar-refractivity contribution in [2.75, 3.05) is 0 Å². The molecule has 0 unspecified atom stereocenters. The van der Waals surface area contributed by atoms with Gasteiger partial charge in [-0.05, 0) is 18.2 Å². The third-order valence-electron chi connectivity index (χ3n) is 2.17. The molecule has 2 N–H and O–H groups in total. The van der Waals surface area contributed by atoms with Crippen molar-refractivity contribution < 1.29 is 9.18 Å². The van der Waals surface area contributed by atoms with Gasteiger partial charge in [0.2, 0.25) is 0 Å². The minimum absolute atomic E-state index is 0.0899. The number of aromatic amines is 1. The van der Waals surface area contributed by atoms with E-state index in [9.17, 15) is 9.18 Å². The van der Waals surface area contributed by atoms with E-state index in [1.807, 2.05) is 0 Å². The number of carbonyl (C=O) groups is 1. The Morgan fingerprint density at radius 2 is 2.35 bits per heavy atom. The van der Waals surface area contributed by atoms with E-state index in [4.69, 9.17) is 11.6 Å². The molecule has 0 bridgehead atoms. The quantitative estimate of drug-likeness (QED) is 0.880. The van der Waals surface area contributed by atoms with Gasteiger partial charge in [-0.25, -0.2) is 9.37 Å². The SMILES string of the molecule is O=C(NCc1cnc[nH]1)c1ccc(F)cc1Cl. The number of nitrogens with zero attached hydrogens (tertiary/aromatic N) is 1. The van der Waals surface area contributed by atoms with Crippen LogP contribution < -0.4 is 5.32 Å². The van der Waals surface area contributed by atoms with Crippen LogP contribution in [0.2, 0.25) is 5.02 Å². The monoisotopic (exact) mass is 253 g/mol. The summed E-state index contributed by atoms with van der Waals surface area (Å²) < 4.78 is 12.8. The van der Waals surface area contributed by atoms with Gasteiger partial charge in [0, 0.05) is 6.20 Å². The lowest BCUT2D eigenvalue weighted by molar-refractivity contribution is 0.0950. The third kappa shape index (κ3) is 2.82. The van der Waals surface area contributed by atoms with Gasteiger partial charge in [-0.15, -0.1) is 0 Å². The van der Waals surface area contributed by atoms with Crippen molar-refractivity contribution in [1.29, 1.82) is 0 Å². The topological polar surface area (TPSA) is 57.8 Å². The number of hydrogen-bond donors (Lipinski definition) is 2. The molecule has 1 amide bonds. The van der Waals surface area contributed by atoms with Crippen molar-refractivity contribution >= 4 is 17.5 Å². The second kappa shape index (κ2) is 4.97. The standard InChI is InChI=1S/C11H9ClFN3O/c12-10-3-7(13)1-2-9(10)11(17)15-5-8-4-14-6-16-8/h1-4,6H,5H2,(H,14,16)(H,15,17). The summed E-state index contributed by atoms with van der Waals surface area (Å²) in [4.78, 5) is 18.4. The number of halogens is 2. The molecule has 2 aromatic rings. The number of nitrogens with one attached hydrogen (secondary N) is 2. The van der Waals surface area contributed by atoms with Gasteiger partial charge < -0.3 is 10.3 Å². The highest BCUT2D eigenvalue weighted by molar-refractivity contribution is 6.33. The van der Waals surface area contributed by atoms with Gasteiger partial charge in [-0.3, -0.25) is 4.79 Å². The molecule has 6 heteroatoms. The smallest absolute Gasteiger partial charge is 0.253 e. The minimum atomic E-state index is -0.472. The fraction of sp³-hybridized carbons (Fsp3) is 0.0909. The molecular weight excluding hydrogens is 245 g/mol. The van der Waals surface area contributed by atoms with Crippen molar-refractivity contribution in [2.24, 2.45) is 0 Å². The lowest BCUT2D eigenvalue weighted by Gasteiger charge is -2.05. The lowest BCUT2D eigenvalue weighted by Crippen LogP contribution is -2.23. The van der Waals surface area contributed by atoms with E-state index in [0.29, 0.717) is 6.54 Å². The van der Waals surface area contributed by atoms with Crippen molar-refractivity contribution in [3.8, 4) is 0 Å². The van der Waals surface area contributed by atoms with Gasteiger partial charge in [0.05, 0.1) is 29.2 Å². The zero-order valence-corrected chi connectivity index (χ0v) is 9.46. The Kier molecular flexibility index (Phi) is 3.39. The first-order valence-electron chi connectivity index (χ1n) is 4.87. The maximum atomic E-state index is 12.8. The van der Waals surface area contributed by atoms with Crippen molar-refractivity contribution in [2.45, 2.75) is 6.54 Å². The molecule has 4 nitrogen and oxygen atoms in total. The van der Waals surface area contributed by atoms with Gasteiger partial charge in [0.15, 0.2) is 0 Å². The van der Waals surface area contributed by atoms with E-state index in [-0.39, 0.29) is 16.5 Å². The zero-order chi connectivity index (χ0) is 12.3. The molecule has 88 valence electrons. The Morgan fingerprint density at radius 3 is 3.00 bits per heavy atom. The number of imidazole rings is 1. The van der Waals surface area contributed by atoms with Crippen LogP contribution in [0.15, 0.2) is 30.7 Å². The van der Waals surface area contributed by atoms with Crippen LogP contribution in [0.3, 0.4) is 0 Å². The molecule has 0 radical (unpaired) electrons. The molecule has 0 saturated heterocycles. The summed E-state index contributed by atoms with van der Waals surface area (Å²) >= 11 is 5.76. The van der Waals surface area contributed by atoms with Crippen LogP contribution in [-0.4, -0.2) is 15.9 Å². The maximum absolute atomic E-state index is 12.8. The number of rotatable bonds is 3. The fourth-order valence-electron chi connectivity index (χ4n) is 1.33. The van der Waals surface area contributed by atoms with E-state index in [2.05, 4.69) is 15.3 Å². The number of hydrogen-bond acceptors (Lipinski definition) is 2. The highest BCUT2D eigenvalue weighted by Crippen LogP contribution is 2.17. The molecule has 2 rings (SSSR count). The highest BCUT2D eigenvalue weighted by Gasteiger charge is 2.10. The molecule has 0 aliphatic rings. The summed E-state index contributed by atoms with van der Waals surface area (Å²) in [6, 6.07) is 3.64. The van der Waals surface area contributed by atoms with Gasteiger partial charge in [-0.2, -0.15) is 0 Å². The van der Waals surface area contributed by atoms with Crippen molar-refractivity contribution in [3.05, 3.63) is 52.8 Å². The largest absolute Gasteiger partial charge is 0.347 e. The summed E-state index contributed by atoms with van der Waals surface area (Å²) in [6.07, 6.45) is 3.12. The summed E-state index contributed by atoms with van der Waals surface area (Å²) in [5.74, 6) is -0.829. The summed E-state index contributed by atoms with van der Waals surface area (Å²) in [5.41, 5.74) is 1.02. The molecule has 1 aromatic heterocycles. The van der Waals surface area contributed by atoms with Crippen LogP contribution in [0.1, 0.15) is 16.1 Å². The van der Waals surface area contributed by atoms with E-state index in [0.717, 1.165) is 11.8 Å². The molecule has 0 aliphatic carbocycles. The average molecular weight is 254 g/mol.